The molecule has 0 aromatic carbocycles. The summed E-state index contributed by atoms with van der Waals surface area (Å²) >= 11 is 0. The summed E-state index contributed by atoms with van der Waals surface area (Å²) in [5.41, 5.74) is 0. The molecule has 0 saturated heterocycles. The molecular weight excluding hydrogens is 300 g/mol. The summed E-state index contributed by atoms with van der Waals surface area (Å²) in [7, 11) is 0. The van der Waals surface area contributed by atoms with Crippen LogP contribution < -0.4 is 10.6 Å². The first-order chi connectivity index (χ1) is 11.1. The van der Waals surface area contributed by atoms with Crippen LogP contribution in [-0.2, 0) is 9.47 Å². The molecule has 0 radical (unpaired) electrons. The summed E-state index contributed by atoms with van der Waals surface area (Å²) in [6.45, 7) is 21.2. The van der Waals surface area contributed by atoms with Crippen molar-refractivity contribution in [2.24, 2.45) is 5.92 Å². The summed E-state index contributed by atoms with van der Waals surface area (Å²) in [5.74, 6) is 0.414. The Morgan fingerprint density at radius 1 is 0.708 bits per heavy atom. The number of hydrogen-bond donors (Lipinski definition) is 2. The SMILES string of the molecule is CCC(OCC(C)NC(C)C)C(C)COC(C)CC(C)NC(C)C. The summed E-state index contributed by atoms with van der Waals surface area (Å²) in [4.78, 5) is 0. The standard InChI is InChI=1S/C20H44N2O2/c1-10-20(24-13-18(8)22-15(4)5)16(6)12-23-19(9)11-17(7)21-14(2)3/h14-22H,10-13H2,1-9H3. The quantitative estimate of drug-likeness (QED) is 0.500. The molecule has 146 valence electrons. The fourth-order valence-corrected chi connectivity index (χ4v) is 3.20. The van der Waals surface area contributed by atoms with Gasteiger partial charge in [-0.25, -0.2) is 0 Å². The van der Waals surface area contributed by atoms with Crippen molar-refractivity contribution in [1.29, 1.82) is 0 Å². The van der Waals surface area contributed by atoms with Gasteiger partial charge in [-0.2, -0.15) is 0 Å². The monoisotopic (exact) mass is 344 g/mol. The minimum absolute atomic E-state index is 0.264. The Bertz CT molecular complexity index is 297. The first-order valence-corrected chi connectivity index (χ1v) is 9.90. The van der Waals surface area contributed by atoms with E-state index < -0.39 is 0 Å². The molecule has 0 fully saturated rings. The van der Waals surface area contributed by atoms with E-state index in [1.54, 1.807) is 0 Å². The third-order valence-corrected chi connectivity index (χ3v) is 4.16. The van der Waals surface area contributed by atoms with Crippen molar-refractivity contribution in [3.05, 3.63) is 0 Å². The van der Waals surface area contributed by atoms with Crippen LogP contribution in [0, 0.1) is 5.92 Å². The fourth-order valence-electron chi connectivity index (χ4n) is 3.20. The zero-order valence-corrected chi connectivity index (χ0v) is 17.7. The van der Waals surface area contributed by atoms with Gasteiger partial charge in [-0.05, 0) is 33.6 Å². The molecule has 4 nitrogen and oxygen atoms in total. The van der Waals surface area contributed by atoms with Gasteiger partial charge in [-0.1, -0.05) is 41.5 Å². The van der Waals surface area contributed by atoms with Crippen molar-refractivity contribution < 1.29 is 9.47 Å². The predicted molar refractivity (Wildman–Crippen MR) is 105 cm³/mol. The van der Waals surface area contributed by atoms with E-state index in [1.165, 1.54) is 0 Å². The summed E-state index contributed by atoms with van der Waals surface area (Å²) in [6.07, 6.45) is 2.60. The topological polar surface area (TPSA) is 42.5 Å². The zero-order chi connectivity index (χ0) is 18.7. The number of ether oxygens (including phenoxy) is 2. The first kappa shape index (κ1) is 23.8. The van der Waals surface area contributed by atoms with Crippen LogP contribution in [0.2, 0.25) is 0 Å². The predicted octanol–water partition coefficient (Wildman–Crippen LogP) is 3.99. The van der Waals surface area contributed by atoms with E-state index in [2.05, 4.69) is 72.9 Å². The molecule has 0 spiro atoms. The van der Waals surface area contributed by atoms with E-state index in [0.717, 1.165) is 26.1 Å². The van der Waals surface area contributed by atoms with Crippen LogP contribution in [0.1, 0.15) is 75.2 Å². The van der Waals surface area contributed by atoms with Crippen molar-refractivity contribution in [3.8, 4) is 0 Å². The molecule has 0 amide bonds. The molecule has 24 heavy (non-hydrogen) atoms. The molecule has 0 aliphatic heterocycles. The largest absolute Gasteiger partial charge is 0.378 e. The molecule has 0 bridgehead atoms. The maximum absolute atomic E-state index is 6.13. The summed E-state index contributed by atoms with van der Waals surface area (Å²) in [6, 6.07) is 1.88. The fraction of sp³-hybridized carbons (Fsp3) is 1.00. The molecule has 0 aliphatic carbocycles. The Balaban J connectivity index is 4.10. The van der Waals surface area contributed by atoms with E-state index in [1.807, 2.05) is 0 Å². The van der Waals surface area contributed by atoms with Gasteiger partial charge in [0.05, 0.1) is 25.4 Å². The van der Waals surface area contributed by atoms with E-state index in [-0.39, 0.29) is 12.2 Å². The van der Waals surface area contributed by atoms with Gasteiger partial charge >= 0.3 is 0 Å². The van der Waals surface area contributed by atoms with Gasteiger partial charge in [-0.3, -0.25) is 0 Å². The van der Waals surface area contributed by atoms with E-state index in [0.29, 0.717) is 30.1 Å². The number of rotatable bonds is 14. The molecule has 0 heterocycles. The molecule has 0 saturated carbocycles. The molecule has 0 aliphatic rings. The maximum Gasteiger partial charge on any atom is 0.0620 e. The molecule has 0 rings (SSSR count). The number of nitrogens with one attached hydrogen (secondary N) is 2. The van der Waals surface area contributed by atoms with Crippen LogP contribution in [-0.4, -0.2) is 49.6 Å². The second kappa shape index (κ2) is 13.1. The van der Waals surface area contributed by atoms with Gasteiger partial charge in [0.25, 0.3) is 0 Å². The van der Waals surface area contributed by atoms with Crippen LogP contribution in [0.4, 0.5) is 0 Å². The van der Waals surface area contributed by atoms with E-state index >= 15 is 0 Å². The minimum atomic E-state index is 0.264. The second-order valence-corrected chi connectivity index (χ2v) is 8.08. The number of hydrogen-bond acceptors (Lipinski definition) is 4. The Morgan fingerprint density at radius 3 is 1.75 bits per heavy atom. The normalized spacial score (nSPS) is 18.6. The van der Waals surface area contributed by atoms with Crippen molar-refractivity contribution in [2.45, 2.75) is 112 Å². The third kappa shape index (κ3) is 12.2. The van der Waals surface area contributed by atoms with Gasteiger partial charge in [0, 0.05) is 30.1 Å². The van der Waals surface area contributed by atoms with Crippen LogP contribution in [0.5, 0.6) is 0 Å². The Kier molecular flexibility index (Phi) is 13.0. The Labute approximate surface area is 151 Å². The highest BCUT2D eigenvalue weighted by Gasteiger charge is 2.19. The average molecular weight is 345 g/mol. The highest BCUT2D eigenvalue weighted by Crippen LogP contribution is 2.14. The van der Waals surface area contributed by atoms with Crippen LogP contribution in [0.25, 0.3) is 0 Å². The van der Waals surface area contributed by atoms with Crippen molar-refractivity contribution in [3.63, 3.8) is 0 Å². The minimum Gasteiger partial charge on any atom is -0.378 e. The Morgan fingerprint density at radius 2 is 1.25 bits per heavy atom. The lowest BCUT2D eigenvalue weighted by Gasteiger charge is -2.27. The molecule has 0 aromatic heterocycles. The molecule has 0 aromatic rings. The lowest BCUT2D eigenvalue weighted by molar-refractivity contribution is -0.0418. The summed E-state index contributed by atoms with van der Waals surface area (Å²) < 4.78 is 12.2. The van der Waals surface area contributed by atoms with Crippen LogP contribution >= 0.6 is 0 Å². The van der Waals surface area contributed by atoms with E-state index in [9.17, 15) is 0 Å². The maximum atomic E-state index is 6.13. The second-order valence-electron chi connectivity index (χ2n) is 8.08. The molecular formula is C20H44N2O2. The Hall–Kier alpha value is -0.160. The summed E-state index contributed by atoms with van der Waals surface area (Å²) in [5, 5.41) is 7.02. The van der Waals surface area contributed by atoms with Gasteiger partial charge in [0.2, 0.25) is 0 Å². The van der Waals surface area contributed by atoms with Gasteiger partial charge in [0.1, 0.15) is 0 Å². The highest BCUT2D eigenvalue weighted by atomic mass is 16.5. The lowest BCUT2D eigenvalue weighted by atomic mass is 10.0. The van der Waals surface area contributed by atoms with Gasteiger partial charge in [0.15, 0.2) is 0 Å². The molecule has 2 N–H and O–H groups in total. The van der Waals surface area contributed by atoms with Crippen molar-refractivity contribution >= 4 is 0 Å². The van der Waals surface area contributed by atoms with Crippen LogP contribution in [0.15, 0.2) is 0 Å². The third-order valence-electron chi connectivity index (χ3n) is 4.16. The molecule has 4 heteroatoms. The molecule has 5 unspecified atom stereocenters. The highest BCUT2D eigenvalue weighted by molar-refractivity contribution is 4.71. The molecule has 5 atom stereocenters. The average Bonchev–Trinajstić information content (AvgIpc) is 2.43. The van der Waals surface area contributed by atoms with Gasteiger partial charge < -0.3 is 20.1 Å². The zero-order valence-electron chi connectivity index (χ0n) is 17.7. The first-order valence-electron chi connectivity index (χ1n) is 9.90. The van der Waals surface area contributed by atoms with Crippen LogP contribution in [0.3, 0.4) is 0 Å². The van der Waals surface area contributed by atoms with E-state index in [4.69, 9.17) is 9.47 Å². The lowest BCUT2D eigenvalue weighted by Crippen LogP contribution is -2.38. The van der Waals surface area contributed by atoms with Gasteiger partial charge in [-0.15, -0.1) is 0 Å². The van der Waals surface area contributed by atoms with Crippen molar-refractivity contribution in [1.82, 2.24) is 10.6 Å². The smallest absolute Gasteiger partial charge is 0.0620 e. The van der Waals surface area contributed by atoms with Crippen molar-refractivity contribution in [2.75, 3.05) is 13.2 Å².